The molecule has 2 aromatic rings. The van der Waals surface area contributed by atoms with Gasteiger partial charge in [0.1, 0.15) is 11.6 Å². The zero-order valence-electron chi connectivity index (χ0n) is 12.8. The Morgan fingerprint density at radius 1 is 1.10 bits per heavy atom. The maximum Gasteiger partial charge on any atom is 0.183 e. The van der Waals surface area contributed by atoms with Gasteiger partial charge in [-0.15, -0.1) is 11.3 Å². The predicted molar refractivity (Wildman–Crippen MR) is 87.2 cm³/mol. The Hall–Kier alpha value is -1.69. The number of nitrogens with zero attached hydrogens (tertiary/aromatic N) is 4. The van der Waals surface area contributed by atoms with Crippen molar-refractivity contribution in [3.05, 3.63) is 28.7 Å². The van der Waals surface area contributed by atoms with Crippen LogP contribution in [0.1, 0.15) is 30.1 Å². The number of hydrogen-bond donors (Lipinski definition) is 1. The summed E-state index contributed by atoms with van der Waals surface area (Å²) in [6.45, 7) is 8.06. The van der Waals surface area contributed by atoms with Gasteiger partial charge in [-0.3, -0.25) is 0 Å². The van der Waals surface area contributed by atoms with E-state index in [1.165, 1.54) is 0 Å². The van der Waals surface area contributed by atoms with Crippen LogP contribution in [0.4, 0.5) is 10.9 Å². The topological polar surface area (TPSA) is 53.9 Å². The summed E-state index contributed by atoms with van der Waals surface area (Å²) in [4.78, 5) is 15.7. The Kier molecular flexibility index (Phi) is 4.05. The highest BCUT2D eigenvalue weighted by atomic mass is 32.1. The third-order valence-corrected chi connectivity index (χ3v) is 4.61. The number of thiazole rings is 1. The maximum absolute atomic E-state index is 4.55. The van der Waals surface area contributed by atoms with E-state index in [0.717, 1.165) is 54.1 Å². The quantitative estimate of drug-likeness (QED) is 0.945. The Morgan fingerprint density at radius 3 is 2.48 bits per heavy atom. The minimum absolute atomic E-state index is 0.510. The number of hydrogen-bond acceptors (Lipinski definition) is 6. The minimum Gasteiger partial charge on any atom is -0.359 e. The molecule has 1 saturated heterocycles. The summed E-state index contributed by atoms with van der Waals surface area (Å²) in [5.41, 5.74) is 2.13. The molecule has 0 unspecified atom stereocenters. The van der Waals surface area contributed by atoms with Crippen LogP contribution in [0, 0.1) is 20.8 Å². The van der Waals surface area contributed by atoms with E-state index < -0.39 is 0 Å². The number of aromatic nitrogens is 3. The molecule has 112 valence electrons. The van der Waals surface area contributed by atoms with Crippen molar-refractivity contribution in [3.8, 4) is 0 Å². The molecule has 0 amide bonds. The van der Waals surface area contributed by atoms with Crippen LogP contribution >= 0.6 is 11.3 Å². The summed E-state index contributed by atoms with van der Waals surface area (Å²) in [6.07, 6.45) is 2.22. The van der Waals surface area contributed by atoms with Crippen LogP contribution in [0.3, 0.4) is 0 Å². The van der Waals surface area contributed by atoms with Crippen LogP contribution in [0.2, 0.25) is 0 Å². The second-order valence-corrected chi connectivity index (χ2v) is 6.47. The molecule has 1 N–H and O–H groups in total. The summed E-state index contributed by atoms with van der Waals surface area (Å²) < 4.78 is 0. The van der Waals surface area contributed by atoms with Crippen LogP contribution < -0.4 is 10.2 Å². The molecule has 1 fully saturated rings. The molecular formula is C15H21N5S. The van der Waals surface area contributed by atoms with Gasteiger partial charge in [-0.25, -0.2) is 15.0 Å². The van der Waals surface area contributed by atoms with E-state index in [1.807, 2.05) is 20.8 Å². The van der Waals surface area contributed by atoms with Crippen LogP contribution in [0.25, 0.3) is 0 Å². The van der Waals surface area contributed by atoms with E-state index in [0.29, 0.717) is 6.04 Å². The lowest BCUT2D eigenvalue weighted by Gasteiger charge is -2.33. The van der Waals surface area contributed by atoms with Crippen LogP contribution in [-0.4, -0.2) is 34.1 Å². The first kappa shape index (κ1) is 14.3. The van der Waals surface area contributed by atoms with E-state index in [2.05, 4.69) is 36.6 Å². The van der Waals surface area contributed by atoms with Crippen molar-refractivity contribution in [2.24, 2.45) is 0 Å². The Balaban J connectivity index is 1.59. The predicted octanol–water partition coefficient (Wildman–Crippen LogP) is 2.94. The highest BCUT2D eigenvalue weighted by Crippen LogP contribution is 2.22. The van der Waals surface area contributed by atoms with Crippen molar-refractivity contribution in [2.75, 3.05) is 23.3 Å². The number of piperidine rings is 1. The first-order valence-corrected chi connectivity index (χ1v) is 8.24. The molecular weight excluding hydrogens is 282 g/mol. The van der Waals surface area contributed by atoms with Crippen molar-refractivity contribution in [1.29, 1.82) is 0 Å². The molecule has 0 bridgehead atoms. The lowest BCUT2D eigenvalue weighted by atomic mass is 10.1. The van der Waals surface area contributed by atoms with Crippen LogP contribution in [0.15, 0.2) is 11.4 Å². The third kappa shape index (κ3) is 3.50. The smallest absolute Gasteiger partial charge is 0.183 e. The van der Waals surface area contributed by atoms with Crippen molar-refractivity contribution in [3.63, 3.8) is 0 Å². The molecule has 2 aromatic heterocycles. The lowest BCUT2D eigenvalue weighted by Crippen LogP contribution is -2.39. The maximum atomic E-state index is 4.55. The summed E-state index contributed by atoms with van der Waals surface area (Å²) in [7, 11) is 0. The average Bonchev–Trinajstić information content (AvgIpc) is 2.84. The Bertz CT molecular complexity index is 596. The van der Waals surface area contributed by atoms with E-state index in [9.17, 15) is 0 Å². The summed E-state index contributed by atoms with van der Waals surface area (Å²) in [5, 5.41) is 6.67. The van der Waals surface area contributed by atoms with Gasteiger partial charge in [-0.05, 0) is 33.6 Å². The van der Waals surface area contributed by atoms with E-state index >= 15 is 0 Å². The molecule has 3 heterocycles. The molecule has 21 heavy (non-hydrogen) atoms. The standard InChI is InChI=1S/C15H21N5S/c1-10-8-14(18-12(3)16-10)20-6-4-13(5-7-20)19-15-17-11(2)9-21-15/h8-9,13H,4-7H2,1-3H3,(H,17,19). The van der Waals surface area contributed by atoms with E-state index in [-0.39, 0.29) is 0 Å². The minimum atomic E-state index is 0.510. The molecule has 0 saturated carbocycles. The highest BCUT2D eigenvalue weighted by Gasteiger charge is 2.21. The molecule has 5 nitrogen and oxygen atoms in total. The fraction of sp³-hybridized carbons (Fsp3) is 0.533. The first-order valence-electron chi connectivity index (χ1n) is 7.36. The molecule has 3 rings (SSSR count). The molecule has 1 aliphatic rings. The summed E-state index contributed by atoms with van der Waals surface area (Å²) in [5.74, 6) is 1.91. The van der Waals surface area contributed by atoms with Gasteiger partial charge in [0.05, 0.1) is 5.69 Å². The Labute approximate surface area is 129 Å². The van der Waals surface area contributed by atoms with Gasteiger partial charge >= 0.3 is 0 Å². The fourth-order valence-corrected chi connectivity index (χ4v) is 3.47. The molecule has 6 heteroatoms. The monoisotopic (exact) mass is 303 g/mol. The number of anilines is 2. The largest absolute Gasteiger partial charge is 0.359 e. The SMILES string of the molecule is Cc1cc(N2CCC(Nc3nc(C)cs3)CC2)nc(C)n1. The van der Waals surface area contributed by atoms with E-state index in [4.69, 9.17) is 0 Å². The molecule has 0 spiro atoms. The normalized spacial score (nSPS) is 16.2. The number of rotatable bonds is 3. The second-order valence-electron chi connectivity index (χ2n) is 5.61. The fourth-order valence-electron chi connectivity index (χ4n) is 2.71. The van der Waals surface area contributed by atoms with Gasteiger partial charge < -0.3 is 10.2 Å². The number of nitrogens with one attached hydrogen (secondary N) is 1. The van der Waals surface area contributed by atoms with Gasteiger partial charge in [0.25, 0.3) is 0 Å². The zero-order chi connectivity index (χ0) is 14.8. The number of aryl methyl sites for hydroxylation is 3. The van der Waals surface area contributed by atoms with Crippen molar-refractivity contribution in [2.45, 2.75) is 39.7 Å². The third-order valence-electron chi connectivity index (χ3n) is 3.72. The zero-order valence-corrected chi connectivity index (χ0v) is 13.6. The molecule has 0 radical (unpaired) electrons. The van der Waals surface area contributed by atoms with Crippen molar-refractivity contribution < 1.29 is 0 Å². The van der Waals surface area contributed by atoms with Gasteiger partial charge in [0, 0.05) is 36.3 Å². The highest BCUT2D eigenvalue weighted by molar-refractivity contribution is 7.13. The van der Waals surface area contributed by atoms with Crippen LogP contribution in [0.5, 0.6) is 0 Å². The Morgan fingerprint density at radius 2 is 1.86 bits per heavy atom. The van der Waals surface area contributed by atoms with Crippen LogP contribution in [-0.2, 0) is 0 Å². The van der Waals surface area contributed by atoms with Gasteiger partial charge in [0.2, 0.25) is 0 Å². The van der Waals surface area contributed by atoms with Crippen molar-refractivity contribution >= 4 is 22.3 Å². The second kappa shape index (κ2) is 5.97. The van der Waals surface area contributed by atoms with Gasteiger partial charge in [0.15, 0.2) is 5.13 Å². The summed E-state index contributed by atoms with van der Waals surface area (Å²) >= 11 is 1.69. The lowest BCUT2D eigenvalue weighted by molar-refractivity contribution is 0.522. The summed E-state index contributed by atoms with van der Waals surface area (Å²) in [6, 6.07) is 2.58. The first-order chi connectivity index (χ1) is 10.1. The van der Waals surface area contributed by atoms with Gasteiger partial charge in [-0.2, -0.15) is 0 Å². The van der Waals surface area contributed by atoms with E-state index in [1.54, 1.807) is 11.3 Å². The average molecular weight is 303 g/mol. The molecule has 0 aliphatic carbocycles. The molecule has 0 atom stereocenters. The van der Waals surface area contributed by atoms with Gasteiger partial charge in [-0.1, -0.05) is 0 Å². The molecule has 1 aliphatic heterocycles. The van der Waals surface area contributed by atoms with Crippen molar-refractivity contribution in [1.82, 2.24) is 15.0 Å². The molecule has 0 aromatic carbocycles.